The molecule has 2 aliphatic carbocycles. The molecule has 0 fully saturated rings. The highest BCUT2D eigenvalue weighted by molar-refractivity contribution is 7.51. The first-order valence-corrected chi connectivity index (χ1v) is 12.6. The van der Waals surface area contributed by atoms with Crippen molar-refractivity contribution in [1.29, 1.82) is 0 Å². The normalized spacial score (nSPS) is 23.3. The van der Waals surface area contributed by atoms with Crippen molar-refractivity contribution in [3.8, 4) is 11.6 Å². The van der Waals surface area contributed by atoms with Crippen molar-refractivity contribution >= 4 is 13.2 Å². The molecule has 2 aliphatic rings. The van der Waals surface area contributed by atoms with E-state index in [0.717, 1.165) is 36.1 Å². The Morgan fingerprint density at radius 2 is 2.10 bits per heavy atom. The maximum Gasteiger partial charge on any atom is 0.325 e. The summed E-state index contributed by atoms with van der Waals surface area (Å²) in [6, 6.07) is 0. The van der Waals surface area contributed by atoms with Gasteiger partial charge in [0.1, 0.15) is 0 Å². The fourth-order valence-corrected chi connectivity index (χ4v) is 5.47. The Bertz CT molecular complexity index is 1100. The molecular formula is C22H31N4O4P. The Hall–Kier alpha value is -2.02. The molecule has 31 heavy (non-hydrogen) atoms. The Labute approximate surface area is 182 Å². The third-order valence-electron chi connectivity index (χ3n) is 6.64. The summed E-state index contributed by atoms with van der Waals surface area (Å²) < 4.78 is 18.8. The maximum absolute atomic E-state index is 11.3. The standard InChI is InChI=1S/C22H31N4O4P/c1-13-10-15(11-14(2)16(13)7-9-31(27,28)29)20-23-21(30-25-20)19-17-6-8-22(3,4)12-18(17)26(5)24-19/h10-11,13,16H,6-9,12H2,1-5H3,(H2,27,28,29). The van der Waals surface area contributed by atoms with E-state index in [2.05, 4.69) is 42.1 Å². The van der Waals surface area contributed by atoms with Crippen molar-refractivity contribution in [1.82, 2.24) is 19.9 Å². The van der Waals surface area contributed by atoms with Crippen molar-refractivity contribution in [3.05, 3.63) is 34.8 Å². The summed E-state index contributed by atoms with van der Waals surface area (Å²) >= 11 is 0. The van der Waals surface area contributed by atoms with Crippen LogP contribution >= 0.6 is 7.60 Å². The molecular weight excluding hydrogens is 415 g/mol. The fourth-order valence-electron chi connectivity index (χ4n) is 4.85. The van der Waals surface area contributed by atoms with Crippen LogP contribution in [-0.4, -0.2) is 35.9 Å². The van der Waals surface area contributed by atoms with E-state index in [4.69, 9.17) is 4.52 Å². The summed E-state index contributed by atoms with van der Waals surface area (Å²) in [5.41, 5.74) is 5.42. The number of hydrogen-bond acceptors (Lipinski definition) is 5. The lowest BCUT2D eigenvalue weighted by Crippen LogP contribution is -2.23. The van der Waals surface area contributed by atoms with Crippen LogP contribution in [0.5, 0.6) is 0 Å². The summed E-state index contributed by atoms with van der Waals surface area (Å²) in [6.45, 7) is 8.61. The van der Waals surface area contributed by atoms with Crippen LogP contribution < -0.4 is 0 Å². The molecule has 8 nitrogen and oxygen atoms in total. The average molecular weight is 446 g/mol. The highest BCUT2D eigenvalue weighted by atomic mass is 31.2. The van der Waals surface area contributed by atoms with E-state index in [1.54, 1.807) is 0 Å². The molecule has 2 unspecified atom stereocenters. The van der Waals surface area contributed by atoms with Crippen LogP contribution in [-0.2, 0) is 24.5 Å². The van der Waals surface area contributed by atoms with Crippen LogP contribution in [0.4, 0.5) is 0 Å². The highest BCUT2D eigenvalue weighted by Crippen LogP contribution is 2.42. The van der Waals surface area contributed by atoms with Crippen molar-refractivity contribution in [2.45, 2.75) is 53.4 Å². The maximum atomic E-state index is 11.3. The van der Waals surface area contributed by atoms with E-state index in [1.165, 1.54) is 11.3 Å². The highest BCUT2D eigenvalue weighted by Gasteiger charge is 2.32. The zero-order chi connectivity index (χ0) is 22.6. The van der Waals surface area contributed by atoms with E-state index in [-0.39, 0.29) is 23.4 Å². The Morgan fingerprint density at radius 3 is 2.77 bits per heavy atom. The van der Waals surface area contributed by atoms with Gasteiger partial charge in [-0.1, -0.05) is 43.7 Å². The molecule has 168 valence electrons. The minimum absolute atomic E-state index is 0.0916. The Morgan fingerprint density at radius 1 is 1.35 bits per heavy atom. The fraction of sp³-hybridized carbons (Fsp3) is 0.591. The first-order chi connectivity index (χ1) is 14.4. The predicted molar refractivity (Wildman–Crippen MR) is 118 cm³/mol. The molecule has 2 heterocycles. The largest absolute Gasteiger partial charge is 0.332 e. The van der Waals surface area contributed by atoms with Crippen LogP contribution in [0, 0.1) is 17.3 Å². The molecule has 0 saturated heterocycles. The first kappa shape index (κ1) is 22.2. The molecule has 0 aliphatic heterocycles. The molecule has 2 N–H and O–H groups in total. The molecule has 0 saturated carbocycles. The van der Waals surface area contributed by atoms with E-state index >= 15 is 0 Å². The summed E-state index contributed by atoms with van der Waals surface area (Å²) in [4.78, 5) is 23.1. The summed E-state index contributed by atoms with van der Waals surface area (Å²) in [6.07, 6.45) is 7.42. The number of aryl methyl sites for hydroxylation is 1. The van der Waals surface area contributed by atoms with Crippen LogP contribution in [0.3, 0.4) is 0 Å². The smallest absolute Gasteiger partial charge is 0.325 e. The predicted octanol–water partition coefficient (Wildman–Crippen LogP) is 4.15. The zero-order valence-corrected chi connectivity index (χ0v) is 19.7. The molecule has 0 amide bonds. The molecule has 2 aromatic heterocycles. The van der Waals surface area contributed by atoms with Gasteiger partial charge in [-0.3, -0.25) is 9.25 Å². The summed E-state index contributed by atoms with van der Waals surface area (Å²) in [5.74, 6) is 1.17. The molecule has 0 bridgehead atoms. The van der Waals surface area contributed by atoms with Gasteiger partial charge in [-0.2, -0.15) is 10.1 Å². The zero-order valence-electron chi connectivity index (χ0n) is 18.8. The van der Waals surface area contributed by atoms with Crippen molar-refractivity contribution in [3.63, 3.8) is 0 Å². The number of rotatable bonds is 5. The van der Waals surface area contributed by atoms with Gasteiger partial charge in [-0.25, -0.2) is 0 Å². The number of aromatic nitrogens is 4. The summed E-state index contributed by atoms with van der Waals surface area (Å²) in [7, 11) is -2.03. The van der Waals surface area contributed by atoms with Gasteiger partial charge in [0.05, 0.1) is 6.16 Å². The van der Waals surface area contributed by atoms with Gasteiger partial charge < -0.3 is 14.3 Å². The Balaban J connectivity index is 1.58. The third-order valence-corrected chi connectivity index (χ3v) is 7.48. The molecule has 2 aromatic rings. The van der Waals surface area contributed by atoms with E-state index in [1.807, 2.05) is 24.7 Å². The third kappa shape index (κ3) is 4.61. The molecule has 0 radical (unpaired) electrons. The van der Waals surface area contributed by atoms with Gasteiger partial charge in [-0.05, 0) is 49.9 Å². The molecule has 9 heteroatoms. The minimum Gasteiger partial charge on any atom is -0.332 e. The van der Waals surface area contributed by atoms with Crippen LogP contribution in [0.25, 0.3) is 17.2 Å². The molecule has 0 spiro atoms. The van der Waals surface area contributed by atoms with Crippen molar-refractivity contribution < 1.29 is 18.9 Å². The van der Waals surface area contributed by atoms with Crippen LogP contribution in [0.1, 0.15) is 57.6 Å². The summed E-state index contributed by atoms with van der Waals surface area (Å²) in [5, 5.41) is 8.90. The lowest BCUT2D eigenvalue weighted by atomic mass is 9.76. The van der Waals surface area contributed by atoms with Gasteiger partial charge in [0.25, 0.3) is 5.89 Å². The van der Waals surface area contributed by atoms with Gasteiger partial charge in [0.15, 0.2) is 5.69 Å². The second-order valence-corrected chi connectivity index (χ2v) is 11.6. The van der Waals surface area contributed by atoms with Crippen LogP contribution in [0.15, 0.2) is 22.2 Å². The number of nitrogens with zero attached hydrogens (tertiary/aromatic N) is 4. The number of hydrogen-bond donors (Lipinski definition) is 2. The average Bonchev–Trinajstić information content (AvgIpc) is 3.24. The van der Waals surface area contributed by atoms with Crippen LogP contribution in [0.2, 0.25) is 0 Å². The van der Waals surface area contributed by atoms with Gasteiger partial charge in [-0.15, -0.1) is 0 Å². The second-order valence-electron chi connectivity index (χ2n) is 9.81. The molecule has 0 aromatic carbocycles. The van der Waals surface area contributed by atoms with E-state index < -0.39 is 7.60 Å². The molecule has 2 atom stereocenters. The monoisotopic (exact) mass is 446 g/mol. The minimum atomic E-state index is -4.00. The number of fused-ring (bicyclic) bond motifs is 1. The first-order valence-electron chi connectivity index (χ1n) is 10.8. The number of allylic oxidation sites excluding steroid dienone is 4. The van der Waals surface area contributed by atoms with E-state index in [9.17, 15) is 14.4 Å². The lowest BCUT2D eigenvalue weighted by Gasteiger charge is -2.29. The topological polar surface area (TPSA) is 114 Å². The van der Waals surface area contributed by atoms with Crippen molar-refractivity contribution in [2.75, 3.05) is 6.16 Å². The van der Waals surface area contributed by atoms with E-state index in [0.29, 0.717) is 18.1 Å². The van der Waals surface area contributed by atoms with Gasteiger partial charge in [0.2, 0.25) is 5.82 Å². The Kier molecular flexibility index (Phi) is 5.61. The van der Waals surface area contributed by atoms with Crippen molar-refractivity contribution in [2.24, 2.45) is 24.3 Å². The SMILES string of the molecule is CC1=CC(c2noc(-c3nn(C)c4c3CCC(C)(C)C4)n2)=CC(C)C1CCP(=O)(O)O. The molecule has 4 rings (SSSR count). The quantitative estimate of drug-likeness (QED) is 0.663. The lowest BCUT2D eigenvalue weighted by molar-refractivity contribution is 0.306. The van der Waals surface area contributed by atoms with Gasteiger partial charge in [0, 0.05) is 23.9 Å². The van der Waals surface area contributed by atoms with Gasteiger partial charge >= 0.3 is 7.60 Å². The second kappa shape index (κ2) is 7.84.